The average Bonchev–Trinajstić information content (AvgIpc) is 2.85. The molecule has 1 amide bonds. The van der Waals surface area contributed by atoms with Gasteiger partial charge in [0.15, 0.2) is 0 Å². The molecule has 0 spiro atoms. The third kappa shape index (κ3) is 3.65. The van der Waals surface area contributed by atoms with E-state index in [4.69, 9.17) is 4.98 Å². The molecule has 3 aromatic rings. The second-order valence-electron chi connectivity index (χ2n) is 6.65. The number of hydrogen-bond acceptors (Lipinski definition) is 2. The van der Waals surface area contributed by atoms with E-state index in [2.05, 4.69) is 17.4 Å². The largest absolute Gasteiger partial charge is 0.310 e. The molecule has 0 radical (unpaired) electrons. The minimum absolute atomic E-state index is 0.0302. The number of amides is 1. The SMILES string of the molecule is Cc1ccc2nc(Cc3ccccc3)c(NC(=O)CC(C)C)n2c1. The molecule has 4 nitrogen and oxygen atoms in total. The molecule has 4 heteroatoms. The zero-order valence-electron chi connectivity index (χ0n) is 14.4. The normalized spacial score (nSPS) is 11.2. The van der Waals surface area contributed by atoms with Gasteiger partial charge in [0.2, 0.25) is 5.91 Å². The van der Waals surface area contributed by atoms with E-state index < -0.39 is 0 Å². The molecule has 1 aromatic carbocycles. The lowest BCUT2D eigenvalue weighted by atomic mass is 10.1. The molecular formula is C20H23N3O. The van der Waals surface area contributed by atoms with Crippen LogP contribution in [0.4, 0.5) is 5.82 Å². The molecule has 0 saturated carbocycles. The fourth-order valence-electron chi connectivity index (χ4n) is 2.80. The summed E-state index contributed by atoms with van der Waals surface area (Å²) in [5, 5.41) is 3.07. The maximum atomic E-state index is 12.3. The van der Waals surface area contributed by atoms with E-state index in [0.717, 1.165) is 22.7 Å². The number of nitrogens with one attached hydrogen (secondary N) is 1. The number of benzene rings is 1. The van der Waals surface area contributed by atoms with Gasteiger partial charge < -0.3 is 5.32 Å². The van der Waals surface area contributed by atoms with Crippen LogP contribution in [0, 0.1) is 12.8 Å². The van der Waals surface area contributed by atoms with Crippen molar-refractivity contribution in [1.29, 1.82) is 0 Å². The summed E-state index contributed by atoms with van der Waals surface area (Å²) in [6.07, 6.45) is 3.21. The molecule has 0 saturated heterocycles. The monoisotopic (exact) mass is 321 g/mol. The van der Waals surface area contributed by atoms with Gasteiger partial charge in [-0.05, 0) is 30.0 Å². The second-order valence-corrected chi connectivity index (χ2v) is 6.65. The smallest absolute Gasteiger partial charge is 0.225 e. The molecule has 0 unspecified atom stereocenters. The van der Waals surface area contributed by atoms with E-state index >= 15 is 0 Å². The Kier molecular flexibility index (Phi) is 4.65. The molecule has 0 aliphatic rings. The lowest BCUT2D eigenvalue weighted by molar-refractivity contribution is -0.116. The fraction of sp³-hybridized carbons (Fsp3) is 0.300. The number of anilines is 1. The molecular weight excluding hydrogens is 298 g/mol. The lowest BCUT2D eigenvalue weighted by Gasteiger charge is -2.09. The molecule has 0 fully saturated rings. The van der Waals surface area contributed by atoms with Crippen LogP contribution in [0.2, 0.25) is 0 Å². The zero-order chi connectivity index (χ0) is 17.1. The summed E-state index contributed by atoms with van der Waals surface area (Å²) in [6, 6.07) is 14.2. The van der Waals surface area contributed by atoms with E-state index in [1.165, 1.54) is 5.56 Å². The van der Waals surface area contributed by atoms with Gasteiger partial charge in [-0.25, -0.2) is 4.98 Å². The summed E-state index contributed by atoms with van der Waals surface area (Å²) in [6.45, 7) is 6.13. The highest BCUT2D eigenvalue weighted by Gasteiger charge is 2.16. The zero-order valence-corrected chi connectivity index (χ0v) is 14.4. The number of hydrogen-bond donors (Lipinski definition) is 1. The maximum Gasteiger partial charge on any atom is 0.225 e. The van der Waals surface area contributed by atoms with Crippen LogP contribution in [-0.4, -0.2) is 15.3 Å². The maximum absolute atomic E-state index is 12.3. The van der Waals surface area contributed by atoms with Crippen molar-refractivity contribution in [3.63, 3.8) is 0 Å². The average molecular weight is 321 g/mol. The van der Waals surface area contributed by atoms with Crippen LogP contribution in [0.25, 0.3) is 5.65 Å². The minimum Gasteiger partial charge on any atom is -0.310 e. The summed E-state index contributed by atoms with van der Waals surface area (Å²) >= 11 is 0. The van der Waals surface area contributed by atoms with E-state index in [1.54, 1.807) is 0 Å². The highest BCUT2D eigenvalue weighted by Crippen LogP contribution is 2.22. The first-order valence-electron chi connectivity index (χ1n) is 8.34. The molecule has 0 bridgehead atoms. The number of pyridine rings is 1. The Morgan fingerprint density at radius 2 is 1.92 bits per heavy atom. The quantitative estimate of drug-likeness (QED) is 0.765. The number of aryl methyl sites for hydroxylation is 1. The molecule has 24 heavy (non-hydrogen) atoms. The van der Waals surface area contributed by atoms with Gasteiger partial charge in [0.1, 0.15) is 11.5 Å². The first-order valence-corrected chi connectivity index (χ1v) is 8.34. The highest BCUT2D eigenvalue weighted by atomic mass is 16.1. The summed E-state index contributed by atoms with van der Waals surface area (Å²) in [5.41, 5.74) is 4.05. The predicted octanol–water partition coefficient (Wildman–Crippen LogP) is 4.22. The summed E-state index contributed by atoms with van der Waals surface area (Å²) in [5.74, 6) is 1.13. The van der Waals surface area contributed by atoms with Gasteiger partial charge in [-0.15, -0.1) is 0 Å². The molecule has 0 aliphatic heterocycles. The summed E-state index contributed by atoms with van der Waals surface area (Å²) in [4.78, 5) is 17.0. The van der Waals surface area contributed by atoms with Crippen molar-refractivity contribution in [3.8, 4) is 0 Å². The molecule has 3 rings (SSSR count). The van der Waals surface area contributed by atoms with Crippen LogP contribution in [0.15, 0.2) is 48.7 Å². The van der Waals surface area contributed by atoms with E-state index in [0.29, 0.717) is 18.8 Å². The summed E-state index contributed by atoms with van der Waals surface area (Å²) < 4.78 is 1.98. The van der Waals surface area contributed by atoms with Gasteiger partial charge in [-0.1, -0.05) is 50.2 Å². The molecule has 2 heterocycles. The molecule has 0 atom stereocenters. The van der Waals surface area contributed by atoms with Gasteiger partial charge in [0, 0.05) is 19.0 Å². The van der Waals surface area contributed by atoms with Crippen molar-refractivity contribution in [2.45, 2.75) is 33.6 Å². The third-order valence-corrected chi connectivity index (χ3v) is 3.90. The standard InChI is InChI=1S/C20H23N3O/c1-14(2)11-19(24)22-20-17(12-16-7-5-4-6-8-16)21-18-10-9-15(3)13-23(18)20/h4-10,13-14H,11-12H2,1-3H3,(H,22,24). The van der Waals surface area contributed by atoms with Crippen molar-refractivity contribution in [1.82, 2.24) is 9.38 Å². The van der Waals surface area contributed by atoms with Gasteiger partial charge in [-0.3, -0.25) is 9.20 Å². The number of nitrogens with zero attached hydrogens (tertiary/aromatic N) is 2. The Bertz CT molecular complexity index is 850. The number of carbonyl (C=O) groups excluding carboxylic acids is 1. The Morgan fingerprint density at radius 3 is 2.62 bits per heavy atom. The van der Waals surface area contributed by atoms with Gasteiger partial charge in [0.05, 0.1) is 5.69 Å². The number of aromatic nitrogens is 2. The van der Waals surface area contributed by atoms with Gasteiger partial charge in [-0.2, -0.15) is 0 Å². The summed E-state index contributed by atoms with van der Waals surface area (Å²) in [7, 11) is 0. The Balaban J connectivity index is 2.00. The van der Waals surface area contributed by atoms with E-state index in [9.17, 15) is 4.79 Å². The molecule has 0 aliphatic carbocycles. The van der Waals surface area contributed by atoms with Crippen LogP contribution in [0.5, 0.6) is 0 Å². The number of carbonyl (C=O) groups is 1. The number of imidazole rings is 1. The van der Waals surface area contributed by atoms with E-state index in [1.807, 2.05) is 61.7 Å². The van der Waals surface area contributed by atoms with Crippen molar-refractivity contribution in [2.75, 3.05) is 5.32 Å². The Hall–Kier alpha value is -2.62. The Morgan fingerprint density at radius 1 is 1.17 bits per heavy atom. The van der Waals surface area contributed by atoms with Gasteiger partial charge >= 0.3 is 0 Å². The minimum atomic E-state index is 0.0302. The molecule has 1 N–H and O–H groups in total. The topological polar surface area (TPSA) is 46.4 Å². The lowest BCUT2D eigenvalue weighted by Crippen LogP contribution is -2.16. The van der Waals surface area contributed by atoms with Crippen molar-refractivity contribution in [2.24, 2.45) is 5.92 Å². The third-order valence-electron chi connectivity index (χ3n) is 3.90. The fourth-order valence-corrected chi connectivity index (χ4v) is 2.80. The van der Waals surface area contributed by atoms with Crippen molar-refractivity contribution >= 4 is 17.4 Å². The van der Waals surface area contributed by atoms with Crippen LogP contribution in [-0.2, 0) is 11.2 Å². The first kappa shape index (κ1) is 16.2. The van der Waals surface area contributed by atoms with Crippen LogP contribution in [0.1, 0.15) is 37.1 Å². The number of fused-ring (bicyclic) bond motifs is 1. The highest BCUT2D eigenvalue weighted by molar-refractivity contribution is 5.91. The van der Waals surface area contributed by atoms with Crippen molar-refractivity contribution in [3.05, 3.63) is 65.5 Å². The molecule has 2 aromatic heterocycles. The van der Waals surface area contributed by atoms with Crippen LogP contribution >= 0.6 is 0 Å². The van der Waals surface area contributed by atoms with Crippen LogP contribution in [0.3, 0.4) is 0 Å². The first-order chi connectivity index (χ1) is 11.5. The predicted molar refractivity (Wildman–Crippen MR) is 97.3 cm³/mol. The van der Waals surface area contributed by atoms with Crippen LogP contribution < -0.4 is 5.32 Å². The van der Waals surface area contributed by atoms with Gasteiger partial charge in [0.25, 0.3) is 0 Å². The number of rotatable bonds is 5. The molecule has 124 valence electrons. The van der Waals surface area contributed by atoms with Crippen molar-refractivity contribution < 1.29 is 4.79 Å². The second kappa shape index (κ2) is 6.87. The van der Waals surface area contributed by atoms with E-state index in [-0.39, 0.29) is 5.91 Å². The Labute approximate surface area is 142 Å².